The number of hydrogen-bond donors (Lipinski definition) is 0. The molecule has 0 fully saturated rings. The molecule has 18 aromatic rings. The SMILES string of the molecule is c1cnc2c(-c3ccc(-c4cc(-c5ccc6ccc7cccc8ccc5c6c78)nc(-c5ccc(-c6ccc(-c7nc(-c8ccc(-c9cccc%10cccnc9%10)cc8)cc(-c8ccc9ccc%10cccc%11ccc8c9c%10%11)n7)cc6)cc5)n4)cc3)cccc2c1. The number of nitrogens with zero attached hydrogens (tertiary/aromatic N) is 6. The van der Waals surface area contributed by atoms with Gasteiger partial charge in [-0.2, -0.15) is 0 Å². The zero-order valence-corrected chi connectivity index (χ0v) is 47.4. The molecule has 0 aliphatic rings. The molecular weight excluding hydrogens is 1070 g/mol. The van der Waals surface area contributed by atoms with Gasteiger partial charge < -0.3 is 0 Å². The van der Waals surface area contributed by atoms with Gasteiger partial charge in [0.15, 0.2) is 11.6 Å². The van der Waals surface area contributed by atoms with E-state index in [2.05, 4.69) is 267 Å². The molecule has 0 saturated heterocycles. The fraction of sp³-hybridized carbons (Fsp3) is 0. The molecule has 6 nitrogen and oxygen atoms in total. The third kappa shape index (κ3) is 8.18. The lowest BCUT2D eigenvalue weighted by molar-refractivity contribution is 1.18. The van der Waals surface area contributed by atoms with Gasteiger partial charge in [0.1, 0.15) is 0 Å². The van der Waals surface area contributed by atoms with E-state index in [9.17, 15) is 0 Å². The normalized spacial score (nSPS) is 11.9. The van der Waals surface area contributed by atoms with Crippen molar-refractivity contribution >= 4 is 86.4 Å². The van der Waals surface area contributed by atoms with Crippen molar-refractivity contribution in [2.24, 2.45) is 0 Å². The standard InChI is InChI=1S/C82H48N6/c1-7-55-29-31-59-37-41-67(69-43-39-57(9-1)75(55)77(59)69)73-47-71(53-25-21-51(22-26-53)65-15-3-11-61-13-5-45-83-79(61)65)85-81(87-73)63-33-17-49(18-34-63)50-19-35-64(36-20-50)82-86-72(54-27-23-52(24-28-54)66-16-4-12-62-14-6-46-84-80(62)66)48-74(88-82)68-42-38-60-32-30-56-8-2-10-58-40-44-70(68)78(60)76(56)58/h1-48H. The maximum atomic E-state index is 5.42. The molecular formula is C82H48N6. The lowest BCUT2D eigenvalue weighted by Gasteiger charge is -2.15. The molecule has 0 radical (unpaired) electrons. The van der Waals surface area contributed by atoms with Gasteiger partial charge in [-0.1, -0.05) is 255 Å². The van der Waals surface area contributed by atoms with Crippen LogP contribution in [0.25, 0.3) is 188 Å². The molecule has 88 heavy (non-hydrogen) atoms. The van der Waals surface area contributed by atoms with Crippen LogP contribution in [0.2, 0.25) is 0 Å². The number of para-hydroxylation sites is 2. The van der Waals surface area contributed by atoms with Crippen molar-refractivity contribution < 1.29 is 0 Å². The summed E-state index contributed by atoms with van der Waals surface area (Å²) in [5.74, 6) is 1.31. The van der Waals surface area contributed by atoms with Crippen molar-refractivity contribution in [3.05, 3.63) is 291 Å². The van der Waals surface area contributed by atoms with Crippen LogP contribution >= 0.6 is 0 Å². The molecule has 18 rings (SSSR count). The van der Waals surface area contributed by atoms with E-state index in [4.69, 9.17) is 29.9 Å². The quantitative estimate of drug-likeness (QED) is 0.134. The Kier molecular flexibility index (Phi) is 11.2. The number of rotatable bonds is 9. The van der Waals surface area contributed by atoms with E-state index >= 15 is 0 Å². The van der Waals surface area contributed by atoms with Crippen molar-refractivity contribution in [1.82, 2.24) is 29.9 Å². The predicted octanol–water partition coefficient (Wildman–Crippen LogP) is 21.2. The average molecular weight is 1120 g/mol. The molecule has 0 aliphatic carbocycles. The highest BCUT2D eigenvalue weighted by atomic mass is 14.9. The number of aromatic nitrogens is 6. The summed E-state index contributed by atoms with van der Waals surface area (Å²) in [6.07, 6.45) is 3.72. The van der Waals surface area contributed by atoms with Crippen LogP contribution in [0.1, 0.15) is 0 Å². The lowest BCUT2D eigenvalue weighted by atomic mass is 9.91. The Morgan fingerprint density at radius 1 is 0.193 bits per heavy atom. The minimum Gasteiger partial charge on any atom is -0.256 e. The highest BCUT2D eigenvalue weighted by Crippen LogP contribution is 2.43. The van der Waals surface area contributed by atoms with E-state index in [0.717, 1.165) is 111 Å². The van der Waals surface area contributed by atoms with Crippen LogP contribution in [0.5, 0.6) is 0 Å². The number of hydrogen-bond acceptors (Lipinski definition) is 6. The van der Waals surface area contributed by atoms with Crippen LogP contribution in [-0.4, -0.2) is 29.9 Å². The Labute approximate surface area is 506 Å². The molecule has 0 spiro atoms. The van der Waals surface area contributed by atoms with Gasteiger partial charge in [-0.05, 0) is 111 Å². The Hall–Kier alpha value is -11.9. The number of fused-ring (bicyclic) bond motifs is 2. The smallest absolute Gasteiger partial charge is 0.160 e. The number of pyridine rings is 2. The van der Waals surface area contributed by atoms with Crippen LogP contribution in [-0.2, 0) is 0 Å². The molecule has 0 unspecified atom stereocenters. The first-order valence-corrected chi connectivity index (χ1v) is 29.8. The third-order valence-corrected chi connectivity index (χ3v) is 17.9. The molecule has 4 aromatic heterocycles. The summed E-state index contributed by atoms with van der Waals surface area (Å²) in [6, 6.07) is 99.7. The fourth-order valence-electron chi connectivity index (χ4n) is 13.6. The Balaban J connectivity index is 0.717. The van der Waals surface area contributed by atoms with Crippen molar-refractivity contribution in [1.29, 1.82) is 0 Å². The van der Waals surface area contributed by atoms with E-state index in [1.807, 2.05) is 24.5 Å². The Morgan fingerprint density at radius 2 is 0.500 bits per heavy atom. The molecule has 4 heterocycles. The molecule has 0 N–H and O–H groups in total. The highest BCUT2D eigenvalue weighted by Gasteiger charge is 2.20. The second-order valence-electron chi connectivity index (χ2n) is 22.9. The van der Waals surface area contributed by atoms with E-state index < -0.39 is 0 Å². The minimum absolute atomic E-state index is 0.653. The maximum absolute atomic E-state index is 5.42. The van der Waals surface area contributed by atoms with Crippen LogP contribution in [0.15, 0.2) is 291 Å². The minimum atomic E-state index is 0.653. The monoisotopic (exact) mass is 1120 g/mol. The topological polar surface area (TPSA) is 77.3 Å². The van der Waals surface area contributed by atoms with Gasteiger partial charge in [-0.3, -0.25) is 9.97 Å². The predicted molar refractivity (Wildman–Crippen MR) is 365 cm³/mol. The van der Waals surface area contributed by atoms with Gasteiger partial charge >= 0.3 is 0 Å². The van der Waals surface area contributed by atoms with Crippen LogP contribution < -0.4 is 0 Å². The largest absolute Gasteiger partial charge is 0.256 e. The van der Waals surface area contributed by atoms with Gasteiger partial charge in [0.05, 0.1) is 33.8 Å². The zero-order valence-electron chi connectivity index (χ0n) is 47.4. The summed E-state index contributed by atoms with van der Waals surface area (Å²) in [5.41, 5.74) is 17.9. The molecule has 6 heteroatoms. The molecule has 0 bridgehead atoms. The zero-order chi connectivity index (χ0) is 57.8. The van der Waals surface area contributed by atoms with E-state index in [1.54, 1.807) is 0 Å². The van der Waals surface area contributed by atoms with Gasteiger partial charge in [0.25, 0.3) is 0 Å². The van der Waals surface area contributed by atoms with Crippen molar-refractivity contribution in [2.75, 3.05) is 0 Å². The molecule has 0 atom stereocenters. The summed E-state index contributed by atoms with van der Waals surface area (Å²) in [7, 11) is 0. The van der Waals surface area contributed by atoms with Crippen LogP contribution in [0, 0.1) is 0 Å². The van der Waals surface area contributed by atoms with Crippen LogP contribution in [0.4, 0.5) is 0 Å². The molecule has 14 aromatic carbocycles. The van der Waals surface area contributed by atoms with Gasteiger partial charge in [0, 0.05) is 67.7 Å². The average Bonchev–Trinajstić information content (AvgIpc) is 0.828. The van der Waals surface area contributed by atoms with Crippen molar-refractivity contribution in [3.63, 3.8) is 0 Å². The summed E-state index contributed by atoms with van der Waals surface area (Å²) in [6.45, 7) is 0. The molecule has 0 aliphatic heterocycles. The van der Waals surface area contributed by atoms with Crippen molar-refractivity contribution in [2.45, 2.75) is 0 Å². The first kappa shape index (κ1) is 49.6. The lowest BCUT2D eigenvalue weighted by Crippen LogP contribution is -1.97. The second kappa shape index (κ2) is 19.9. The maximum Gasteiger partial charge on any atom is 0.160 e. The van der Waals surface area contributed by atoms with Gasteiger partial charge in [0.2, 0.25) is 0 Å². The third-order valence-electron chi connectivity index (χ3n) is 17.9. The molecule has 406 valence electrons. The molecule has 0 saturated carbocycles. The summed E-state index contributed by atoms with van der Waals surface area (Å²) < 4.78 is 0. The van der Waals surface area contributed by atoms with E-state index in [1.165, 1.54) is 64.6 Å². The second-order valence-corrected chi connectivity index (χ2v) is 22.9. The van der Waals surface area contributed by atoms with Crippen LogP contribution in [0.3, 0.4) is 0 Å². The van der Waals surface area contributed by atoms with Crippen molar-refractivity contribution in [3.8, 4) is 101 Å². The summed E-state index contributed by atoms with van der Waals surface area (Å²) in [5, 5.41) is 17.0. The first-order chi connectivity index (χ1) is 43.6. The van der Waals surface area contributed by atoms with Gasteiger partial charge in [-0.25, -0.2) is 19.9 Å². The first-order valence-electron chi connectivity index (χ1n) is 29.8. The van der Waals surface area contributed by atoms with E-state index in [0.29, 0.717) is 11.6 Å². The summed E-state index contributed by atoms with van der Waals surface area (Å²) in [4.78, 5) is 31.0. The summed E-state index contributed by atoms with van der Waals surface area (Å²) >= 11 is 0. The molecule has 0 amide bonds. The Bertz CT molecular complexity index is 5380. The van der Waals surface area contributed by atoms with E-state index in [-0.39, 0.29) is 0 Å². The van der Waals surface area contributed by atoms with Gasteiger partial charge in [-0.15, -0.1) is 0 Å². The number of benzene rings is 14. The Morgan fingerprint density at radius 3 is 0.920 bits per heavy atom. The highest BCUT2D eigenvalue weighted by molar-refractivity contribution is 6.26. The fourth-order valence-corrected chi connectivity index (χ4v) is 13.6.